The van der Waals surface area contributed by atoms with Crippen LogP contribution in [-0.4, -0.2) is 11.5 Å². The van der Waals surface area contributed by atoms with Gasteiger partial charge >= 0.3 is 0 Å². The highest BCUT2D eigenvalue weighted by atomic mass is 32.1. The van der Waals surface area contributed by atoms with E-state index in [2.05, 4.69) is 19.2 Å². The first-order valence-electron chi connectivity index (χ1n) is 6.28. The highest BCUT2D eigenvalue weighted by Crippen LogP contribution is 2.51. The van der Waals surface area contributed by atoms with E-state index in [1.54, 1.807) is 6.07 Å². The van der Waals surface area contributed by atoms with Crippen molar-refractivity contribution in [1.82, 2.24) is 0 Å². The number of thiocarbonyl (C=S) groups is 1. The van der Waals surface area contributed by atoms with Crippen molar-refractivity contribution in [2.75, 3.05) is 11.9 Å². The standard InChI is InChI=1S/C14H19FN2S/c1-9(2)14(5-6-14)8-17-12-4-3-10(15)7-11(12)13(16)18/h3-4,7,9,17H,5-6,8H2,1-2H3,(H2,16,18). The molecule has 0 aromatic heterocycles. The van der Waals surface area contributed by atoms with Crippen LogP contribution in [0.2, 0.25) is 0 Å². The zero-order valence-corrected chi connectivity index (χ0v) is 11.6. The van der Waals surface area contributed by atoms with Crippen LogP contribution in [0.3, 0.4) is 0 Å². The Morgan fingerprint density at radius 2 is 2.17 bits per heavy atom. The molecule has 4 heteroatoms. The second-order valence-corrected chi connectivity index (χ2v) is 5.86. The molecule has 0 radical (unpaired) electrons. The fraction of sp³-hybridized carbons (Fsp3) is 0.500. The number of rotatable bonds is 5. The summed E-state index contributed by atoms with van der Waals surface area (Å²) in [5.41, 5.74) is 7.43. The molecule has 0 amide bonds. The van der Waals surface area contributed by atoms with Crippen LogP contribution < -0.4 is 11.1 Å². The summed E-state index contributed by atoms with van der Waals surface area (Å²) in [5.74, 6) is 0.340. The lowest BCUT2D eigenvalue weighted by atomic mass is 9.92. The summed E-state index contributed by atoms with van der Waals surface area (Å²) in [6, 6.07) is 4.53. The summed E-state index contributed by atoms with van der Waals surface area (Å²) >= 11 is 4.96. The molecular formula is C14H19FN2S. The number of nitrogens with two attached hydrogens (primary N) is 1. The van der Waals surface area contributed by atoms with Gasteiger partial charge in [-0.3, -0.25) is 0 Å². The summed E-state index contributed by atoms with van der Waals surface area (Å²) < 4.78 is 13.2. The van der Waals surface area contributed by atoms with Crippen molar-refractivity contribution in [1.29, 1.82) is 0 Å². The third kappa shape index (κ3) is 2.64. The van der Waals surface area contributed by atoms with Crippen molar-refractivity contribution < 1.29 is 4.39 Å². The van der Waals surface area contributed by atoms with Crippen LogP contribution in [0.15, 0.2) is 18.2 Å². The lowest BCUT2D eigenvalue weighted by molar-refractivity contribution is 0.380. The van der Waals surface area contributed by atoms with Crippen molar-refractivity contribution >= 4 is 22.9 Å². The predicted molar refractivity (Wildman–Crippen MR) is 77.3 cm³/mol. The summed E-state index contributed by atoms with van der Waals surface area (Å²) in [5, 5.41) is 3.37. The number of halogens is 1. The van der Waals surface area contributed by atoms with E-state index in [4.69, 9.17) is 18.0 Å². The second-order valence-electron chi connectivity index (χ2n) is 5.42. The molecule has 1 aromatic rings. The summed E-state index contributed by atoms with van der Waals surface area (Å²) in [6.45, 7) is 5.38. The van der Waals surface area contributed by atoms with Gasteiger partial charge in [0.25, 0.3) is 0 Å². The van der Waals surface area contributed by atoms with Gasteiger partial charge in [0.15, 0.2) is 0 Å². The van der Waals surface area contributed by atoms with Gasteiger partial charge in [0.1, 0.15) is 10.8 Å². The van der Waals surface area contributed by atoms with Gasteiger partial charge in [-0.25, -0.2) is 4.39 Å². The highest BCUT2D eigenvalue weighted by molar-refractivity contribution is 7.80. The molecule has 0 atom stereocenters. The third-order valence-corrected chi connectivity index (χ3v) is 4.21. The fourth-order valence-electron chi connectivity index (χ4n) is 2.26. The van der Waals surface area contributed by atoms with Crippen LogP contribution in [-0.2, 0) is 0 Å². The van der Waals surface area contributed by atoms with Gasteiger partial charge in [0.2, 0.25) is 0 Å². The first kappa shape index (κ1) is 13.3. The van der Waals surface area contributed by atoms with Crippen LogP contribution >= 0.6 is 12.2 Å². The van der Waals surface area contributed by atoms with Crippen LogP contribution in [0.25, 0.3) is 0 Å². The van der Waals surface area contributed by atoms with Gasteiger partial charge in [0.05, 0.1) is 0 Å². The van der Waals surface area contributed by atoms with Crippen LogP contribution in [0.5, 0.6) is 0 Å². The Morgan fingerprint density at radius 3 is 2.67 bits per heavy atom. The minimum absolute atomic E-state index is 0.228. The quantitative estimate of drug-likeness (QED) is 0.803. The summed E-state index contributed by atoms with van der Waals surface area (Å²) in [6.07, 6.45) is 2.50. The summed E-state index contributed by atoms with van der Waals surface area (Å²) in [7, 11) is 0. The molecule has 1 saturated carbocycles. The average molecular weight is 266 g/mol. The van der Waals surface area contributed by atoms with Crippen LogP contribution in [0, 0.1) is 17.2 Å². The van der Waals surface area contributed by atoms with Crippen molar-refractivity contribution in [2.45, 2.75) is 26.7 Å². The zero-order valence-electron chi connectivity index (χ0n) is 10.8. The van der Waals surface area contributed by atoms with Crippen molar-refractivity contribution in [3.63, 3.8) is 0 Å². The van der Waals surface area contributed by atoms with Gasteiger partial charge < -0.3 is 11.1 Å². The second kappa shape index (κ2) is 4.84. The van der Waals surface area contributed by atoms with E-state index in [1.807, 2.05) is 0 Å². The molecule has 0 heterocycles. The van der Waals surface area contributed by atoms with E-state index in [9.17, 15) is 4.39 Å². The molecule has 0 aliphatic heterocycles. The Bertz CT molecular complexity index is 467. The lowest BCUT2D eigenvalue weighted by Gasteiger charge is -2.21. The Morgan fingerprint density at radius 1 is 1.50 bits per heavy atom. The SMILES string of the molecule is CC(C)C1(CNc2ccc(F)cc2C(N)=S)CC1. The Labute approximate surface area is 113 Å². The molecule has 0 unspecified atom stereocenters. The zero-order chi connectivity index (χ0) is 13.3. The maximum atomic E-state index is 13.2. The largest absolute Gasteiger partial charge is 0.389 e. The Kier molecular flexibility index (Phi) is 3.57. The van der Waals surface area contributed by atoms with E-state index in [0.717, 1.165) is 12.2 Å². The third-order valence-electron chi connectivity index (χ3n) is 3.99. The van der Waals surface area contributed by atoms with Gasteiger partial charge in [-0.15, -0.1) is 0 Å². The maximum absolute atomic E-state index is 13.2. The number of anilines is 1. The molecule has 1 fully saturated rings. The predicted octanol–water partition coefficient (Wildman–Crippen LogP) is 3.31. The average Bonchev–Trinajstić information content (AvgIpc) is 3.08. The molecule has 1 aliphatic carbocycles. The Hall–Kier alpha value is -1.16. The molecule has 98 valence electrons. The number of hydrogen-bond acceptors (Lipinski definition) is 2. The van der Waals surface area contributed by atoms with Gasteiger partial charge in [0, 0.05) is 17.8 Å². The monoisotopic (exact) mass is 266 g/mol. The maximum Gasteiger partial charge on any atom is 0.124 e. The van der Waals surface area contributed by atoms with Gasteiger partial charge in [-0.2, -0.15) is 0 Å². The van der Waals surface area contributed by atoms with Crippen molar-refractivity contribution in [3.05, 3.63) is 29.6 Å². The summed E-state index contributed by atoms with van der Waals surface area (Å²) in [4.78, 5) is 0.228. The normalized spacial score (nSPS) is 16.7. The Balaban J connectivity index is 2.12. The molecule has 18 heavy (non-hydrogen) atoms. The highest BCUT2D eigenvalue weighted by Gasteiger charge is 2.44. The van der Waals surface area contributed by atoms with Gasteiger partial charge in [-0.1, -0.05) is 26.1 Å². The number of benzene rings is 1. The molecule has 0 saturated heterocycles. The molecular weight excluding hydrogens is 247 g/mol. The van der Waals surface area contributed by atoms with E-state index in [1.165, 1.54) is 25.0 Å². The van der Waals surface area contributed by atoms with Crippen molar-refractivity contribution in [2.24, 2.45) is 17.1 Å². The van der Waals surface area contributed by atoms with E-state index < -0.39 is 0 Å². The van der Waals surface area contributed by atoms with Crippen LogP contribution in [0.1, 0.15) is 32.3 Å². The number of nitrogens with one attached hydrogen (secondary N) is 1. The lowest BCUT2D eigenvalue weighted by Crippen LogP contribution is -2.22. The number of hydrogen-bond donors (Lipinski definition) is 2. The molecule has 0 spiro atoms. The topological polar surface area (TPSA) is 38.0 Å². The molecule has 2 nitrogen and oxygen atoms in total. The molecule has 1 aliphatic rings. The minimum atomic E-state index is -0.312. The van der Waals surface area contributed by atoms with Gasteiger partial charge in [-0.05, 0) is 42.4 Å². The molecule has 0 bridgehead atoms. The molecule has 2 rings (SSSR count). The first-order valence-corrected chi connectivity index (χ1v) is 6.69. The van der Waals surface area contributed by atoms with Crippen molar-refractivity contribution in [3.8, 4) is 0 Å². The van der Waals surface area contributed by atoms with E-state index in [0.29, 0.717) is 16.9 Å². The fourth-order valence-corrected chi connectivity index (χ4v) is 2.43. The first-order chi connectivity index (χ1) is 8.44. The molecule has 1 aromatic carbocycles. The molecule has 3 N–H and O–H groups in total. The van der Waals surface area contributed by atoms with E-state index >= 15 is 0 Å². The van der Waals surface area contributed by atoms with E-state index in [-0.39, 0.29) is 10.8 Å². The smallest absolute Gasteiger partial charge is 0.124 e. The minimum Gasteiger partial charge on any atom is -0.389 e. The van der Waals surface area contributed by atoms with Crippen LogP contribution in [0.4, 0.5) is 10.1 Å².